The summed E-state index contributed by atoms with van der Waals surface area (Å²) in [6, 6.07) is 4.65. The largest absolute Gasteiger partial charge is 0.497 e. The molecule has 0 aromatic heterocycles. The Kier molecular flexibility index (Phi) is 3.01. The van der Waals surface area contributed by atoms with Crippen LogP contribution in [0, 0.1) is 5.82 Å². The first-order valence-corrected chi connectivity index (χ1v) is 3.54. The number of hydrazine groups is 1. The third-order valence-corrected chi connectivity index (χ3v) is 1.55. The Hall–Kier alpha value is -1.13. The van der Waals surface area contributed by atoms with Crippen molar-refractivity contribution in [1.29, 1.82) is 0 Å². The van der Waals surface area contributed by atoms with Crippen LogP contribution in [0.15, 0.2) is 18.2 Å². The Morgan fingerprint density at radius 1 is 1.58 bits per heavy atom. The average molecular weight is 170 g/mol. The van der Waals surface area contributed by atoms with Crippen molar-refractivity contribution in [2.45, 2.75) is 6.54 Å². The first-order chi connectivity index (χ1) is 5.77. The number of nitrogens with two attached hydrogens (primary N) is 1. The van der Waals surface area contributed by atoms with Gasteiger partial charge in [-0.3, -0.25) is 11.3 Å². The van der Waals surface area contributed by atoms with Gasteiger partial charge in [0.15, 0.2) is 0 Å². The van der Waals surface area contributed by atoms with Gasteiger partial charge in [-0.15, -0.1) is 0 Å². The second-order valence-corrected chi connectivity index (χ2v) is 2.34. The minimum absolute atomic E-state index is 0.313. The van der Waals surface area contributed by atoms with E-state index in [1.165, 1.54) is 13.2 Å². The number of ether oxygens (including phenoxy) is 1. The smallest absolute Gasteiger partial charge is 0.131 e. The van der Waals surface area contributed by atoms with Gasteiger partial charge in [0.05, 0.1) is 7.11 Å². The number of hydrogen-bond acceptors (Lipinski definition) is 3. The Bertz CT molecular complexity index is 265. The number of benzene rings is 1. The van der Waals surface area contributed by atoms with Gasteiger partial charge in [0, 0.05) is 18.2 Å². The molecule has 0 bridgehead atoms. The lowest BCUT2D eigenvalue weighted by Gasteiger charge is -2.04. The van der Waals surface area contributed by atoms with Gasteiger partial charge in [0.1, 0.15) is 11.6 Å². The zero-order valence-electron chi connectivity index (χ0n) is 6.80. The Balaban J connectivity index is 2.87. The lowest BCUT2D eigenvalue weighted by molar-refractivity contribution is 0.410. The van der Waals surface area contributed by atoms with E-state index in [0.29, 0.717) is 17.9 Å². The highest BCUT2D eigenvalue weighted by Gasteiger charge is 2.01. The minimum Gasteiger partial charge on any atom is -0.497 e. The lowest BCUT2D eigenvalue weighted by atomic mass is 10.2. The predicted molar refractivity (Wildman–Crippen MR) is 44.0 cm³/mol. The molecule has 0 unspecified atom stereocenters. The molecule has 0 radical (unpaired) electrons. The van der Waals surface area contributed by atoms with Crippen molar-refractivity contribution in [1.82, 2.24) is 5.43 Å². The van der Waals surface area contributed by atoms with Crippen molar-refractivity contribution in [3.63, 3.8) is 0 Å². The van der Waals surface area contributed by atoms with Crippen molar-refractivity contribution in [2.75, 3.05) is 7.11 Å². The highest BCUT2D eigenvalue weighted by atomic mass is 19.1. The molecule has 0 aliphatic heterocycles. The summed E-state index contributed by atoms with van der Waals surface area (Å²) in [7, 11) is 1.50. The van der Waals surface area contributed by atoms with Crippen molar-refractivity contribution >= 4 is 0 Å². The van der Waals surface area contributed by atoms with E-state index in [-0.39, 0.29) is 5.82 Å². The molecule has 3 nitrogen and oxygen atoms in total. The van der Waals surface area contributed by atoms with Crippen LogP contribution in [0.25, 0.3) is 0 Å². The normalized spacial score (nSPS) is 9.92. The van der Waals surface area contributed by atoms with Gasteiger partial charge in [-0.05, 0) is 6.07 Å². The molecule has 4 heteroatoms. The fourth-order valence-electron chi connectivity index (χ4n) is 0.908. The number of methoxy groups -OCH3 is 1. The van der Waals surface area contributed by atoms with Crippen LogP contribution >= 0.6 is 0 Å². The van der Waals surface area contributed by atoms with Crippen LogP contribution in [0.3, 0.4) is 0 Å². The molecule has 0 saturated carbocycles. The molecular weight excluding hydrogens is 159 g/mol. The maximum absolute atomic E-state index is 13.0. The molecule has 3 N–H and O–H groups in total. The van der Waals surface area contributed by atoms with Crippen molar-refractivity contribution < 1.29 is 9.13 Å². The summed E-state index contributed by atoms with van der Waals surface area (Å²) in [4.78, 5) is 0. The topological polar surface area (TPSA) is 47.3 Å². The maximum Gasteiger partial charge on any atom is 0.131 e. The molecule has 0 saturated heterocycles. The van der Waals surface area contributed by atoms with Gasteiger partial charge in [0.25, 0.3) is 0 Å². The van der Waals surface area contributed by atoms with Crippen LogP contribution in [-0.2, 0) is 6.54 Å². The van der Waals surface area contributed by atoms with E-state index < -0.39 is 0 Å². The van der Waals surface area contributed by atoms with Crippen molar-refractivity contribution in [3.8, 4) is 5.75 Å². The quantitative estimate of drug-likeness (QED) is 0.521. The van der Waals surface area contributed by atoms with Gasteiger partial charge < -0.3 is 4.74 Å². The van der Waals surface area contributed by atoms with Crippen molar-refractivity contribution in [2.24, 2.45) is 5.84 Å². The van der Waals surface area contributed by atoms with Crippen LogP contribution in [0.1, 0.15) is 5.56 Å². The monoisotopic (exact) mass is 170 g/mol. The SMILES string of the molecule is COc1ccc(CNN)c(F)c1. The molecule has 66 valence electrons. The molecule has 1 rings (SSSR count). The number of rotatable bonds is 3. The highest BCUT2D eigenvalue weighted by molar-refractivity contribution is 5.28. The molecular formula is C8H11FN2O. The highest BCUT2D eigenvalue weighted by Crippen LogP contribution is 2.15. The second-order valence-electron chi connectivity index (χ2n) is 2.34. The molecule has 12 heavy (non-hydrogen) atoms. The van der Waals surface area contributed by atoms with Crippen LogP contribution in [0.5, 0.6) is 5.75 Å². The number of nitrogens with one attached hydrogen (secondary N) is 1. The minimum atomic E-state index is -0.313. The van der Waals surface area contributed by atoms with Crippen molar-refractivity contribution in [3.05, 3.63) is 29.6 Å². The summed E-state index contributed by atoms with van der Waals surface area (Å²) < 4.78 is 17.9. The molecule has 0 amide bonds. The summed E-state index contributed by atoms with van der Waals surface area (Å²) >= 11 is 0. The Morgan fingerprint density at radius 3 is 2.83 bits per heavy atom. The summed E-state index contributed by atoms with van der Waals surface area (Å²) in [5.41, 5.74) is 2.91. The van der Waals surface area contributed by atoms with E-state index in [0.717, 1.165) is 0 Å². The van der Waals surface area contributed by atoms with E-state index >= 15 is 0 Å². The van der Waals surface area contributed by atoms with E-state index in [1.54, 1.807) is 12.1 Å². The molecule has 0 heterocycles. The van der Waals surface area contributed by atoms with E-state index in [1.807, 2.05) is 0 Å². The summed E-state index contributed by atoms with van der Waals surface area (Å²) in [5.74, 6) is 5.25. The third-order valence-electron chi connectivity index (χ3n) is 1.55. The first kappa shape index (κ1) is 8.96. The zero-order valence-corrected chi connectivity index (χ0v) is 6.80. The van der Waals surface area contributed by atoms with Gasteiger partial charge in [-0.2, -0.15) is 0 Å². The van der Waals surface area contributed by atoms with E-state index in [2.05, 4.69) is 5.43 Å². The van der Waals surface area contributed by atoms with Crippen LogP contribution in [0.2, 0.25) is 0 Å². The fourth-order valence-corrected chi connectivity index (χ4v) is 0.908. The molecule has 0 aliphatic rings. The summed E-state index contributed by atoms with van der Waals surface area (Å²) in [6.45, 7) is 0.315. The van der Waals surface area contributed by atoms with Crippen LogP contribution in [-0.4, -0.2) is 7.11 Å². The summed E-state index contributed by atoms with van der Waals surface area (Å²) in [6.07, 6.45) is 0. The van der Waals surface area contributed by atoms with Gasteiger partial charge in [-0.25, -0.2) is 4.39 Å². The van der Waals surface area contributed by atoms with Gasteiger partial charge >= 0.3 is 0 Å². The summed E-state index contributed by atoms with van der Waals surface area (Å²) in [5, 5.41) is 0. The maximum atomic E-state index is 13.0. The molecule has 0 fully saturated rings. The standard InChI is InChI=1S/C8H11FN2O/c1-12-7-3-2-6(5-11-10)8(9)4-7/h2-4,11H,5,10H2,1H3. The molecule has 0 aliphatic carbocycles. The molecule has 1 aromatic carbocycles. The third kappa shape index (κ3) is 1.93. The Labute approximate surface area is 70.3 Å². The average Bonchev–Trinajstić information content (AvgIpc) is 2.09. The Morgan fingerprint density at radius 2 is 2.33 bits per heavy atom. The predicted octanol–water partition coefficient (Wildman–Crippen LogP) is 0.798. The lowest BCUT2D eigenvalue weighted by Crippen LogP contribution is -2.21. The second kappa shape index (κ2) is 4.04. The van der Waals surface area contributed by atoms with E-state index in [4.69, 9.17) is 10.6 Å². The number of hydrogen-bond donors (Lipinski definition) is 2. The van der Waals surface area contributed by atoms with Gasteiger partial charge in [-0.1, -0.05) is 6.07 Å². The van der Waals surface area contributed by atoms with E-state index in [9.17, 15) is 4.39 Å². The first-order valence-electron chi connectivity index (χ1n) is 3.54. The molecule has 1 aromatic rings. The molecule has 0 atom stereocenters. The number of halogens is 1. The van der Waals surface area contributed by atoms with Crippen LogP contribution in [0.4, 0.5) is 4.39 Å². The van der Waals surface area contributed by atoms with Gasteiger partial charge in [0.2, 0.25) is 0 Å². The van der Waals surface area contributed by atoms with Crippen LogP contribution < -0.4 is 16.0 Å². The molecule has 0 spiro atoms. The fraction of sp³-hybridized carbons (Fsp3) is 0.250. The zero-order chi connectivity index (χ0) is 8.97.